The van der Waals surface area contributed by atoms with Crippen LogP contribution in [0.5, 0.6) is 0 Å². The highest BCUT2D eigenvalue weighted by atomic mass is 79.9. The van der Waals surface area contributed by atoms with Crippen molar-refractivity contribution >= 4 is 34.2 Å². The van der Waals surface area contributed by atoms with E-state index in [2.05, 4.69) is 33.5 Å². The summed E-state index contributed by atoms with van der Waals surface area (Å²) in [6, 6.07) is 7.90. The third kappa shape index (κ3) is 5.43. The van der Waals surface area contributed by atoms with E-state index >= 15 is 0 Å². The van der Waals surface area contributed by atoms with Crippen molar-refractivity contribution in [3.8, 4) is 0 Å². The molecule has 5 heteroatoms. The van der Waals surface area contributed by atoms with Crippen LogP contribution in [-0.4, -0.2) is 25.5 Å². The summed E-state index contributed by atoms with van der Waals surface area (Å²) in [5, 5.41) is 6.43. The summed E-state index contributed by atoms with van der Waals surface area (Å²) in [4.78, 5) is 11.9. The van der Waals surface area contributed by atoms with Crippen molar-refractivity contribution in [1.29, 1.82) is 0 Å². The van der Waals surface area contributed by atoms with E-state index in [0.29, 0.717) is 6.42 Å². The average molecular weight is 362 g/mol. The molecule has 1 heterocycles. The molecule has 1 aliphatic heterocycles. The first kappa shape index (κ1) is 17.5. The number of rotatable bonds is 4. The van der Waals surface area contributed by atoms with E-state index < -0.39 is 0 Å². The van der Waals surface area contributed by atoms with Gasteiger partial charge < -0.3 is 10.6 Å². The second-order valence-electron chi connectivity index (χ2n) is 5.64. The monoisotopic (exact) mass is 360 g/mol. The minimum absolute atomic E-state index is 0. The number of carbonyl (C=O) groups is 1. The highest BCUT2D eigenvalue weighted by Gasteiger charge is 2.26. The van der Waals surface area contributed by atoms with Crippen molar-refractivity contribution in [2.45, 2.75) is 26.2 Å². The van der Waals surface area contributed by atoms with E-state index in [1.807, 2.05) is 24.3 Å². The number of halogens is 2. The van der Waals surface area contributed by atoms with Crippen LogP contribution in [0.4, 0.5) is 0 Å². The lowest BCUT2D eigenvalue weighted by molar-refractivity contribution is -0.121. The molecule has 2 rings (SSSR count). The Kier molecular flexibility index (Phi) is 7.00. The lowest BCUT2D eigenvalue weighted by Crippen LogP contribution is -2.43. The molecule has 0 spiro atoms. The third-order valence-corrected chi connectivity index (χ3v) is 4.33. The summed E-state index contributed by atoms with van der Waals surface area (Å²) >= 11 is 3.40. The highest BCUT2D eigenvalue weighted by Crippen LogP contribution is 2.26. The lowest BCUT2D eigenvalue weighted by atomic mass is 9.81. The minimum atomic E-state index is 0. The zero-order valence-corrected chi connectivity index (χ0v) is 14.1. The fourth-order valence-corrected chi connectivity index (χ4v) is 2.63. The molecule has 1 amide bonds. The smallest absolute Gasteiger partial charge is 0.224 e. The standard InChI is InChI=1S/C15H21BrN2O.ClH/c1-15(6-8-17-9-7-15)11-18-14(19)10-12-2-4-13(16)5-3-12;/h2-5,17H,6-11H2,1H3,(H,18,19);1H. The van der Waals surface area contributed by atoms with Gasteiger partial charge in [0.2, 0.25) is 5.91 Å². The molecule has 3 nitrogen and oxygen atoms in total. The molecular weight excluding hydrogens is 340 g/mol. The molecule has 0 atom stereocenters. The topological polar surface area (TPSA) is 41.1 Å². The molecule has 112 valence electrons. The molecule has 0 radical (unpaired) electrons. The van der Waals surface area contributed by atoms with Crippen LogP contribution in [0.3, 0.4) is 0 Å². The Labute approximate surface area is 135 Å². The van der Waals surface area contributed by atoms with Crippen molar-refractivity contribution in [3.63, 3.8) is 0 Å². The average Bonchev–Trinajstić information content (AvgIpc) is 2.40. The normalized spacial score (nSPS) is 17.1. The number of piperidine rings is 1. The molecule has 1 saturated heterocycles. The molecule has 20 heavy (non-hydrogen) atoms. The molecule has 0 aliphatic carbocycles. The first-order valence-corrected chi connectivity index (χ1v) is 7.59. The Bertz CT molecular complexity index is 430. The molecule has 2 N–H and O–H groups in total. The summed E-state index contributed by atoms with van der Waals surface area (Å²) in [6.45, 7) is 5.15. The molecular formula is C15H22BrClN2O. The quantitative estimate of drug-likeness (QED) is 0.866. The number of hydrogen-bond donors (Lipinski definition) is 2. The zero-order valence-electron chi connectivity index (χ0n) is 11.7. The van der Waals surface area contributed by atoms with E-state index in [0.717, 1.165) is 42.5 Å². The van der Waals surface area contributed by atoms with Crippen molar-refractivity contribution in [1.82, 2.24) is 10.6 Å². The maximum atomic E-state index is 11.9. The molecule has 1 aliphatic rings. The SMILES string of the molecule is CC1(CNC(=O)Cc2ccc(Br)cc2)CCNCC1.Cl. The third-order valence-electron chi connectivity index (χ3n) is 3.80. The molecule has 0 saturated carbocycles. The Morgan fingerprint density at radius 1 is 1.30 bits per heavy atom. The fraction of sp³-hybridized carbons (Fsp3) is 0.533. The van der Waals surface area contributed by atoms with Gasteiger partial charge in [-0.05, 0) is 49.0 Å². The number of nitrogens with one attached hydrogen (secondary N) is 2. The van der Waals surface area contributed by atoms with Crippen molar-refractivity contribution in [3.05, 3.63) is 34.3 Å². The molecule has 1 fully saturated rings. The Morgan fingerprint density at radius 3 is 2.50 bits per heavy atom. The van der Waals surface area contributed by atoms with Crippen LogP contribution in [-0.2, 0) is 11.2 Å². The van der Waals surface area contributed by atoms with Crippen LogP contribution in [0.1, 0.15) is 25.3 Å². The van der Waals surface area contributed by atoms with Gasteiger partial charge >= 0.3 is 0 Å². The van der Waals surface area contributed by atoms with Gasteiger partial charge in [-0.3, -0.25) is 4.79 Å². The lowest BCUT2D eigenvalue weighted by Gasteiger charge is -2.34. The molecule has 0 bridgehead atoms. The summed E-state index contributed by atoms with van der Waals surface area (Å²) in [6.07, 6.45) is 2.72. The largest absolute Gasteiger partial charge is 0.355 e. The van der Waals surface area contributed by atoms with Crippen LogP contribution in [0.2, 0.25) is 0 Å². The van der Waals surface area contributed by atoms with Crippen molar-refractivity contribution in [2.24, 2.45) is 5.41 Å². The van der Waals surface area contributed by atoms with Crippen LogP contribution in [0.15, 0.2) is 28.7 Å². The number of hydrogen-bond acceptors (Lipinski definition) is 2. The van der Waals surface area contributed by atoms with Crippen molar-refractivity contribution < 1.29 is 4.79 Å². The predicted octanol–water partition coefficient (Wildman–Crippen LogP) is 2.92. The van der Waals surface area contributed by atoms with Gasteiger partial charge in [-0.15, -0.1) is 12.4 Å². The first-order valence-electron chi connectivity index (χ1n) is 6.79. The molecule has 0 unspecified atom stereocenters. The summed E-state index contributed by atoms with van der Waals surface area (Å²) in [7, 11) is 0. The van der Waals surface area contributed by atoms with E-state index in [9.17, 15) is 4.79 Å². The summed E-state index contributed by atoms with van der Waals surface area (Å²) in [5.41, 5.74) is 1.30. The molecule has 1 aromatic rings. The van der Waals surface area contributed by atoms with Crippen LogP contribution >= 0.6 is 28.3 Å². The Morgan fingerprint density at radius 2 is 1.90 bits per heavy atom. The van der Waals surface area contributed by atoms with Crippen LogP contribution in [0, 0.1) is 5.41 Å². The highest BCUT2D eigenvalue weighted by molar-refractivity contribution is 9.10. The van der Waals surface area contributed by atoms with Crippen molar-refractivity contribution in [2.75, 3.05) is 19.6 Å². The maximum Gasteiger partial charge on any atom is 0.224 e. The van der Waals surface area contributed by atoms with Gasteiger partial charge in [0, 0.05) is 11.0 Å². The van der Waals surface area contributed by atoms with E-state index in [-0.39, 0.29) is 23.7 Å². The first-order chi connectivity index (χ1) is 9.07. The molecule has 1 aromatic carbocycles. The zero-order chi connectivity index (χ0) is 13.7. The van der Waals surface area contributed by atoms with E-state index in [4.69, 9.17) is 0 Å². The van der Waals surface area contributed by atoms with Gasteiger partial charge in [0.1, 0.15) is 0 Å². The predicted molar refractivity (Wildman–Crippen MR) is 88.3 cm³/mol. The number of amides is 1. The summed E-state index contributed by atoms with van der Waals surface area (Å²) < 4.78 is 1.04. The van der Waals surface area contributed by atoms with Crippen LogP contribution < -0.4 is 10.6 Å². The van der Waals surface area contributed by atoms with E-state index in [1.54, 1.807) is 0 Å². The van der Waals surface area contributed by atoms with Gasteiger partial charge in [-0.25, -0.2) is 0 Å². The number of carbonyl (C=O) groups excluding carboxylic acids is 1. The molecule has 0 aromatic heterocycles. The second kappa shape index (κ2) is 8.01. The van der Waals surface area contributed by atoms with Gasteiger partial charge in [0.05, 0.1) is 6.42 Å². The van der Waals surface area contributed by atoms with E-state index in [1.165, 1.54) is 0 Å². The van der Waals surface area contributed by atoms with Gasteiger partial charge in [-0.1, -0.05) is 35.0 Å². The second-order valence-corrected chi connectivity index (χ2v) is 6.56. The fourth-order valence-electron chi connectivity index (χ4n) is 2.37. The number of benzene rings is 1. The van der Waals surface area contributed by atoms with Gasteiger partial charge in [0.25, 0.3) is 0 Å². The van der Waals surface area contributed by atoms with Gasteiger partial charge in [-0.2, -0.15) is 0 Å². The van der Waals surface area contributed by atoms with Gasteiger partial charge in [0.15, 0.2) is 0 Å². The Hall–Kier alpha value is -0.580. The Balaban J connectivity index is 0.00000200. The summed E-state index contributed by atoms with van der Waals surface area (Å²) in [5.74, 6) is 0.113. The van der Waals surface area contributed by atoms with Crippen LogP contribution in [0.25, 0.3) is 0 Å². The maximum absolute atomic E-state index is 11.9. The minimum Gasteiger partial charge on any atom is -0.355 e.